The van der Waals surface area contributed by atoms with Crippen LogP contribution in [0.2, 0.25) is 0 Å². The van der Waals surface area contributed by atoms with Gasteiger partial charge in [-0.1, -0.05) is 176 Å². The lowest BCUT2D eigenvalue weighted by molar-refractivity contribution is 1.18. The van der Waals surface area contributed by atoms with Crippen molar-refractivity contribution in [3.8, 4) is 55.9 Å². The molecule has 0 spiro atoms. The minimum atomic E-state index is 1.14. The van der Waals surface area contributed by atoms with Crippen LogP contribution in [0.4, 0.5) is 0 Å². The SMILES string of the molecule is c1ccc(-n2c3ccccc3c3c(-c4ccc5c6ccccc6n(-c6ccc(-c7ccc(-c8ccc(-c9cccc%10c9sc9ccccc9%10)cc8)cc7)cc6)c5c4)cccc32)cc1. The molecule has 0 aliphatic heterocycles. The van der Waals surface area contributed by atoms with Crippen LogP contribution in [0.15, 0.2) is 231 Å². The van der Waals surface area contributed by atoms with Gasteiger partial charge in [0.1, 0.15) is 0 Å². The number of hydrogen-bond acceptors (Lipinski definition) is 1. The van der Waals surface area contributed by atoms with Crippen molar-refractivity contribution in [2.24, 2.45) is 0 Å². The van der Waals surface area contributed by atoms with Crippen LogP contribution in [-0.4, -0.2) is 9.13 Å². The van der Waals surface area contributed by atoms with Gasteiger partial charge >= 0.3 is 0 Å². The van der Waals surface area contributed by atoms with Gasteiger partial charge in [0.25, 0.3) is 0 Å². The van der Waals surface area contributed by atoms with E-state index >= 15 is 0 Å². The molecule has 10 aromatic carbocycles. The Hall–Kier alpha value is -7.98. The molecule has 0 aliphatic carbocycles. The summed E-state index contributed by atoms with van der Waals surface area (Å²) >= 11 is 1.88. The first kappa shape index (κ1) is 35.7. The maximum absolute atomic E-state index is 2.43. The average Bonchev–Trinajstić information content (AvgIpc) is 4.02. The standard InChI is InChI=1S/C60H38N2S/c1-2-12-45(13-3-1)61-55-21-8-5-16-53(55)59-47(17-11-22-56(59)61)44-34-37-50-49-14-4-7-20-54(49)62(57(50)38-44)46-35-32-42(33-36-46)40-26-24-39(25-27-40)41-28-30-43(31-29-41)48-18-10-19-52-51-15-6-9-23-58(51)63-60(48)52/h1-38H. The number of aromatic nitrogens is 2. The molecule has 0 amide bonds. The molecule has 0 aliphatic rings. The normalized spacial score (nSPS) is 11.8. The minimum Gasteiger partial charge on any atom is -0.309 e. The van der Waals surface area contributed by atoms with E-state index in [-0.39, 0.29) is 0 Å². The van der Waals surface area contributed by atoms with Gasteiger partial charge in [-0.2, -0.15) is 0 Å². The zero-order valence-electron chi connectivity index (χ0n) is 34.2. The molecule has 0 bridgehead atoms. The predicted octanol–water partition coefficient (Wildman–Crippen LogP) is 16.9. The average molecular weight is 819 g/mol. The summed E-state index contributed by atoms with van der Waals surface area (Å²) in [7, 11) is 0. The summed E-state index contributed by atoms with van der Waals surface area (Å²) in [5, 5.41) is 7.69. The monoisotopic (exact) mass is 818 g/mol. The van der Waals surface area contributed by atoms with Gasteiger partial charge in [-0.3, -0.25) is 0 Å². The number of thiophene rings is 1. The topological polar surface area (TPSA) is 9.86 Å². The molecule has 0 saturated carbocycles. The molecule has 13 aromatic rings. The molecular weight excluding hydrogens is 781 g/mol. The lowest BCUT2D eigenvalue weighted by atomic mass is 9.97. The fraction of sp³-hybridized carbons (Fsp3) is 0. The third kappa shape index (κ3) is 5.71. The zero-order chi connectivity index (χ0) is 41.4. The Labute approximate surface area is 368 Å². The van der Waals surface area contributed by atoms with Crippen LogP contribution >= 0.6 is 11.3 Å². The van der Waals surface area contributed by atoms with E-state index in [1.54, 1.807) is 0 Å². The van der Waals surface area contributed by atoms with Gasteiger partial charge in [0.15, 0.2) is 0 Å². The van der Waals surface area contributed by atoms with Crippen molar-refractivity contribution in [1.82, 2.24) is 9.13 Å². The molecule has 3 heteroatoms. The van der Waals surface area contributed by atoms with E-state index in [9.17, 15) is 0 Å². The van der Waals surface area contributed by atoms with Crippen molar-refractivity contribution in [3.05, 3.63) is 231 Å². The first-order valence-corrected chi connectivity index (χ1v) is 22.4. The van der Waals surface area contributed by atoms with Gasteiger partial charge in [0.2, 0.25) is 0 Å². The quantitative estimate of drug-likeness (QED) is 0.158. The molecule has 3 aromatic heterocycles. The summed E-state index contributed by atoms with van der Waals surface area (Å²) in [6, 6.07) is 84.5. The second-order valence-electron chi connectivity index (χ2n) is 16.5. The van der Waals surface area contributed by atoms with Gasteiger partial charge < -0.3 is 9.13 Å². The Morgan fingerprint density at radius 2 is 0.746 bits per heavy atom. The molecule has 0 radical (unpaired) electrons. The van der Waals surface area contributed by atoms with E-state index in [0.717, 1.165) is 5.69 Å². The van der Waals surface area contributed by atoms with Gasteiger partial charge in [-0.15, -0.1) is 11.3 Å². The molecule has 294 valence electrons. The van der Waals surface area contributed by atoms with Crippen LogP contribution in [0.3, 0.4) is 0 Å². The zero-order valence-corrected chi connectivity index (χ0v) is 35.1. The maximum Gasteiger partial charge on any atom is 0.0547 e. The molecular formula is C60H38N2S. The Morgan fingerprint density at radius 1 is 0.270 bits per heavy atom. The third-order valence-corrected chi connectivity index (χ3v) is 14.2. The highest BCUT2D eigenvalue weighted by atomic mass is 32.1. The smallest absolute Gasteiger partial charge is 0.0547 e. The summed E-state index contributed by atoms with van der Waals surface area (Å²) in [6.07, 6.45) is 0. The fourth-order valence-electron chi connectivity index (χ4n) is 10.0. The Kier molecular flexibility index (Phi) is 8.12. The largest absolute Gasteiger partial charge is 0.309 e. The van der Waals surface area contributed by atoms with Crippen LogP contribution in [0.5, 0.6) is 0 Å². The molecule has 63 heavy (non-hydrogen) atoms. The molecule has 13 rings (SSSR count). The van der Waals surface area contributed by atoms with Crippen LogP contribution in [0.25, 0.3) is 120 Å². The summed E-state index contributed by atoms with van der Waals surface area (Å²) in [4.78, 5) is 0. The Morgan fingerprint density at radius 3 is 1.48 bits per heavy atom. The lowest BCUT2D eigenvalue weighted by Crippen LogP contribution is -1.94. The summed E-state index contributed by atoms with van der Waals surface area (Å²) < 4.78 is 7.51. The Bertz CT molecular complexity index is 3870. The third-order valence-electron chi connectivity index (χ3n) is 13.0. The molecule has 0 fully saturated rings. The lowest BCUT2D eigenvalue weighted by Gasteiger charge is -2.12. The van der Waals surface area contributed by atoms with E-state index < -0.39 is 0 Å². The highest BCUT2D eigenvalue weighted by Crippen LogP contribution is 2.43. The van der Waals surface area contributed by atoms with E-state index in [2.05, 4.69) is 240 Å². The highest BCUT2D eigenvalue weighted by molar-refractivity contribution is 7.26. The van der Waals surface area contributed by atoms with Crippen LogP contribution in [-0.2, 0) is 0 Å². The van der Waals surface area contributed by atoms with E-state index in [1.165, 1.54) is 114 Å². The summed E-state index contributed by atoms with van der Waals surface area (Å²) in [5.74, 6) is 0. The van der Waals surface area contributed by atoms with Gasteiger partial charge in [-0.25, -0.2) is 0 Å². The van der Waals surface area contributed by atoms with Crippen LogP contribution < -0.4 is 0 Å². The van der Waals surface area contributed by atoms with Gasteiger partial charge in [0.05, 0.1) is 22.1 Å². The van der Waals surface area contributed by atoms with Crippen molar-refractivity contribution in [2.45, 2.75) is 0 Å². The molecule has 3 heterocycles. The second kappa shape index (κ2) is 14.3. The number of nitrogens with zero attached hydrogens (tertiary/aromatic N) is 2. The highest BCUT2D eigenvalue weighted by Gasteiger charge is 2.19. The van der Waals surface area contributed by atoms with Crippen LogP contribution in [0.1, 0.15) is 0 Å². The van der Waals surface area contributed by atoms with E-state index in [0.29, 0.717) is 0 Å². The van der Waals surface area contributed by atoms with Crippen molar-refractivity contribution >= 4 is 75.1 Å². The molecule has 0 atom stereocenters. The van der Waals surface area contributed by atoms with Crippen molar-refractivity contribution < 1.29 is 0 Å². The van der Waals surface area contributed by atoms with E-state index in [4.69, 9.17) is 0 Å². The molecule has 0 unspecified atom stereocenters. The first-order chi connectivity index (χ1) is 31.2. The van der Waals surface area contributed by atoms with Crippen molar-refractivity contribution in [3.63, 3.8) is 0 Å². The number of para-hydroxylation sites is 3. The Balaban J connectivity index is 0.841. The number of fused-ring (bicyclic) bond motifs is 9. The second-order valence-corrected chi connectivity index (χ2v) is 17.5. The van der Waals surface area contributed by atoms with Crippen molar-refractivity contribution in [2.75, 3.05) is 0 Å². The van der Waals surface area contributed by atoms with Gasteiger partial charge in [-0.05, 0) is 99.1 Å². The number of hydrogen-bond donors (Lipinski definition) is 0. The minimum absolute atomic E-state index is 1.14. The van der Waals surface area contributed by atoms with E-state index in [1.807, 2.05) is 11.3 Å². The summed E-state index contributed by atoms with van der Waals surface area (Å²) in [6.45, 7) is 0. The number of rotatable bonds is 6. The first-order valence-electron chi connectivity index (χ1n) is 21.6. The predicted molar refractivity (Wildman–Crippen MR) is 270 cm³/mol. The number of benzene rings is 10. The van der Waals surface area contributed by atoms with Crippen molar-refractivity contribution in [1.29, 1.82) is 0 Å². The molecule has 2 nitrogen and oxygen atoms in total. The van der Waals surface area contributed by atoms with Gasteiger partial charge in [0, 0.05) is 53.1 Å². The maximum atomic E-state index is 2.43. The molecule has 0 saturated heterocycles. The molecule has 0 N–H and O–H groups in total. The fourth-order valence-corrected chi connectivity index (χ4v) is 11.2. The summed E-state index contributed by atoms with van der Waals surface area (Å²) in [5.41, 5.74) is 16.9. The van der Waals surface area contributed by atoms with Crippen LogP contribution in [0, 0.1) is 0 Å².